The van der Waals surface area contributed by atoms with Crippen LogP contribution in [0.1, 0.15) is 19.2 Å². The first-order valence-electron chi connectivity index (χ1n) is 6.37. The molecule has 1 N–H and O–H groups in total. The molecule has 2 rings (SSSR count). The number of aromatic nitrogens is 2. The maximum atomic E-state index is 12.3. The molecule has 1 aliphatic rings. The van der Waals surface area contributed by atoms with Crippen molar-refractivity contribution in [3.05, 3.63) is 18.2 Å². The zero-order valence-corrected chi connectivity index (χ0v) is 10.9. The third kappa shape index (κ3) is 3.04. The van der Waals surface area contributed by atoms with E-state index in [1.165, 1.54) is 4.90 Å². The summed E-state index contributed by atoms with van der Waals surface area (Å²) in [6.45, 7) is 3.85. The highest BCUT2D eigenvalue weighted by molar-refractivity contribution is 5.80. The number of carboxylic acid groups (broad SMARTS) is 1. The monoisotopic (exact) mass is 266 g/mol. The molecule has 0 fully saturated rings. The van der Waals surface area contributed by atoms with Gasteiger partial charge >= 0.3 is 12.0 Å². The molecule has 0 spiro atoms. The molecule has 0 aliphatic carbocycles. The number of rotatable bonds is 4. The zero-order valence-electron chi connectivity index (χ0n) is 10.9. The van der Waals surface area contributed by atoms with Crippen molar-refractivity contribution in [2.24, 2.45) is 0 Å². The molecule has 0 bridgehead atoms. The summed E-state index contributed by atoms with van der Waals surface area (Å²) in [4.78, 5) is 30.3. The lowest BCUT2D eigenvalue weighted by Gasteiger charge is -2.32. The number of carbonyl (C=O) groups excluding carboxylic acids is 1. The molecule has 0 saturated heterocycles. The minimum absolute atomic E-state index is 0.224. The third-order valence-corrected chi connectivity index (χ3v) is 3.11. The van der Waals surface area contributed by atoms with Crippen molar-refractivity contribution in [1.82, 2.24) is 19.4 Å². The number of imidazole rings is 1. The van der Waals surface area contributed by atoms with Crippen LogP contribution in [0.15, 0.2) is 12.4 Å². The van der Waals surface area contributed by atoms with Crippen molar-refractivity contribution >= 4 is 12.0 Å². The largest absolute Gasteiger partial charge is 0.480 e. The Balaban J connectivity index is 2.04. The first-order chi connectivity index (χ1) is 9.11. The molecule has 2 amide bonds. The number of fused-ring (bicyclic) bond motifs is 1. The zero-order chi connectivity index (χ0) is 13.8. The fraction of sp³-hybridized carbons (Fsp3) is 0.583. The number of carboxylic acids is 1. The van der Waals surface area contributed by atoms with Gasteiger partial charge in [-0.25, -0.2) is 9.78 Å². The highest BCUT2D eigenvalue weighted by Gasteiger charge is 2.26. The topological polar surface area (TPSA) is 78.7 Å². The number of aliphatic carboxylic acids is 1. The van der Waals surface area contributed by atoms with Crippen molar-refractivity contribution in [2.75, 3.05) is 19.6 Å². The minimum atomic E-state index is -0.986. The molecule has 0 atom stereocenters. The van der Waals surface area contributed by atoms with Crippen LogP contribution in [0.3, 0.4) is 0 Å². The van der Waals surface area contributed by atoms with Gasteiger partial charge in [0.25, 0.3) is 0 Å². The van der Waals surface area contributed by atoms with Gasteiger partial charge in [-0.15, -0.1) is 0 Å². The van der Waals surface area contributed by atoms with Crippen LogP contribution in [-0.2, 0) is 17.9 Å². The van der Waals surface area contributed by atoms with Gasteiger partial charge in [-0.1, -0.05) is 6.92 Å². The molecule has 0 aromatic carbocycles. The number of urea groups is 1. The Morgan fingerprint density at radius 2 is 2.26 bits per heavy atom. The summed E-state index contributed by atoms with van der Waals surface area (Å²) in [5.41, 5.74) is 0. The van der Waals surface area contributed by atoms with Crippen molar-refractivity contribution in [3.8, 4) is 0 Å². The van der Waals surface area contributed by atoms with Gasteiger partial charge < -0.3 is 19.5 Å². The maximum Gasteiger partial charge on any atom is 0.323 e. The molecule has 1 aromatic heterocycles. The standard InChI is InChI=1S/C12H18N4O3/c1-2-4-15(9-11(17)18)12(19)16-7-6-14-5-3-13-10(14)8-16/h3,5H,2,4,6-9H2,1H3,(H,17,18). The highest BCUT2D eigenvalue weighted by atomic mass is 16.4. The molecular formula is C12H18N4O3. The fourth-order valence-corrected chi connectivity index (χ4v) is 2.21. The van der Waals surface area contributed by atoms with Crippen molar-refractivity contribution in [1.29, 1.82) is 0 Å². The predicted molar refractivity (Wildman–Crippen MR) is 67.5 cm³/mol. The Hall–Kier alpha value is -2.05. The van der Waals surface area contributed by atoms with E-state index in [-0.39, 0.29) is 12.6 Å². The van der Waals surface area contributed by atoms with E-state index < -0.39 is 5.97 Å². The van der Waals surface area contributed by atoms with E-state index in [1.54, 1.807) is 11.1 Å². The normalized spacial score (nSPS) is 14.1. The van der Waals surface area contributed by atoms with Crippen molar-refractivity contribution in [2.45, 2.75) is 26.4 Å². The van der Waals surface area contributed by atoms with E-state index >= 15 is 0 Å². The van der Waals surface area contributed by atoms with Crippen LogP contribution >= 0.6 is 0 Å². The average Bonchev–Trinajstić information content (AvgIpc) is 2.84. The van der Waals surface area contributed by atoms with Crippen LogP contribution in [0.4, 0.5) is 4.79 Å². The highest BCUT2D eigenvalue weighted by Crippen LogP contribution is 2.12. The predicted octanol–water partition coefficient (Wildman–Crippen LogP) is 0.615. The van der Waals surface area contributed by atoms with Crippen LogP contribution in [-0.4, -0.2) is 56.1 Å². The van der Waals surface area contributed by atoms with E-state index in [0.29, 0.717) is 26.2 Å². The Labute approximate surface area is 111 Å². The molecule has 1 aliphatic heterocycles. The SMILES string of the molecule is CCCN(CC(=O)O)C(=O)N1CCn2ccnc2C1. The Kier molecular flexibility index (Phi) is 4.03. The molecule has 2 heterocycles. The Morgan fingerprint density at radius 3 is 2.95 bits per heavy atom. The van der Waals surface area contributed by atoms with Gasteiger partial charge in [0, 0.05) is 32.0 Å². The number of nitrogens with zero attached hydrogens (tertiary/aromatic N) is 4. The van der Waals surface area contributed by atoms with Crippen LogP contribution in [0.25, 0.3) is 0 Å². The van der Waals surface area contributed by atoms with Gasteiger partial charge in [0.15, 0.2) is 0 Å². The van der Waals surface area contributed by atoms with E-state index in [4.69, 9.17) is 5.11 Å². The van der Waals surface area contributed by atoms with E-state index in [2.05, 4.69) is 4.98 Å². The summed E-state index contributed by atoms with van der Waals surface area (Å²) in [7, 11) is 0. The van der Waals surface area contributed by atoms with Crippen LogP contribution < -0.4 is 0 Å². The number of carbonyl (C=O) groups is 2. The molecule has 0 radical (unpaired) electrons. The lowest BCUT2D eigenvalue weighted by atomic mass is 10.3. The van der Waals surface area contributed by atoms with Gasteiger partial charge in [-0.3, -0.25) is 4.79 Å². The molecule has 104 valence electrons. The van der Waals surface area contributed by atoms with E-state index in [9.17, 15) is 9.59 Å². The number of amides is 2. The van der Waals surface area contributed by atoms with Crippen LogP contribution in [0.5, 0.6) is 0 Å². The lowest BCUT2D eigenvalue weighted by Crippen LogP contribution is -2.48. The van der Waals surface area contributed by atoms with E-state index in [1.807, 2.05) is 17.7 Å². The smallest absolute Gasteiger partial charge is 0.323 e. The Bertz CT molecular complexity index is 471. The van der Waals surface area contributed by atoms with Gasteiger partial charge in [-0.05, 0) is 6.42 Å². The van der Waals surface area contributed by atoms with E-state index in [0.717, 1.165) is 12.2 Å². The summed E-state index contributed by atoms with van der Waals surface area (Å²) in [5, 5.41) is 8.85. The maximum absolute atomic E-state index is 12.3. The second kappa shape index (κ2) is 5.73. The molecule has 7 heteroatoms. The summed E-state index contributed by atoms with van der Waals surface area (Å²) in [5.74, 6) is -0.147. The lowest BCUT2D eigenvalue weighted by molar-refractivity contribution is -0.137. The molecule has 0 unspecified atom stereocenters. The van der Waals surface area contributed by atoms with Gasteiger partial charge in [0.05, 0.1) is 6.54 Å². The summed E-state index contributed by atoms with van der Waals surface area (Å²) in [6, 6.07) is -0.224. The van der Waals surface area contributed by atoms with Gasteiger partial charge in [-0.2, -0.15) is 0 Å². The quantitative estimate of drug-likeness (QED) is 0.866. The molecule has 19 heavy (non-hydrogen) atoms. The first kappa shape index (κ1) is 13.4. The number of hydrogen-bond acceptors (Lipinski definition) is 3. The van der Waals surface area contributed by atoms with Gasteiger partial charge in [0.1, 0.15) is 12.4 Å². The average molecular weight is 266 g/mol. The van der Waals surface area contributed by atoms with Gasteiger partial charge in [0.2, 0.25) is 0 Å². The summed E-state index contributed by atoms with van der Waals surface area (Å²) < 4.78 is 2.01. The van der Waals surface area contributed by atoms with Crippen molar-refractivity contribution < 1.29 is 14.7 Å². The molecule has 7 nitrogen and oxygen atoms in total. The minimum Gasteiger partial charge on any atom is -0.480 e. The second-order valence-corrected chi connectivity index (χ2v) is 4.56. The molecular weight excluding hydrogens is 248 g/mol. The first-order valence-corrected chi connectivity index (χ1v) is 6.37. The molecule has 1 aromatic rings. The summed E-state index contributed by atoms with van der Waals surface area (Å²) in [6.07, 6.45) is 4.34. The third-order valence-electron chi connectivity index (χ3n) is 3.11. The fourth-order valence-electron chi connectivity index (χ4n) is 2.21. The second-order valence-electron chi connectivity index (χ2n) is 4.56. The summed E-state index contributed by atoms with van der Waals surface area (Å²) >= 11 is 0. The molecule has 0 saturated carbocycles. The van der Waals surface area contributed by atoms with Crippen LogP contribution in [0, 0.1) is 0 Å². The van der Waals surface area contributed by atoms with Crippen molar-refractivity contribution in [3.63, 3.8) is 0 Å². The number of hydrogen-bond donors (Lipinski definition) is 1. The van der Waals surface area contributed by atoms with Crippen LogP contribution in [0.2, 0.25) is 0 Å². The Morgan fingerprint density at radius 1 is 1.47 bits per heavy atom.